The van der Waals surface area contributed by atoms with Gasteiger partial charge < -0.3 is 10.1 Å². The molecule has 19 heavy (non-hydrogen) atoms. The van der Waals surface area contributed by atoms with Crippen molar-refractivity contribution in [3.8, 4) is 0 Å². The highest BCUT2D eigenvalue weighted by Crippen LogP contribution is 2.08. The van der Waals surface area contributed by atoms with Gasteiger partial charge in [-0.15, -0.1) is 5.10 Å². The molecule has 0 fully saturated rings. The van der Waals surface area contributed by atoms with Crippen LogP contribution in [0.5, 0.6) is 0 Å². The molecule has 0 bridgehead atoms. The number of nitrogens with zero attached hydrogens (tertiary/aromatic N) is 2. The summed E-state index contributed by atoms with van der Waals surface area (Å²) in [5, 5.41) is 9.99. The number of esters is 1. The first-order valence-corrected chi connectivity index (χ1v) is 6.05. The molecule has 1 aromatic heterocycles. The van der Waals surface area contributed by atoms with Gasteiger partial charge in [0.1, 0.15) is 5.82 Å². The van der Waals surface area contributed by atoms with Crippen molar-refractivity contribution in [1.29, 1.82) is 0 Å². The second kappa shape index (κ2) is 5.99. The molecule has 0 spiro atoms. The molecule has 0 aliphatic heterocycles. The second-order valence-corrected chi connectivity index (χ2v) is 4.00. The van der Waals surface area contributed by atoms with Crippen LogP contribution >= 0.6 is 0 Å². The van der Waals surface area contributed by atoms with Gasteiger partial charge in [0, 0.05) is 13.0 Å². The van der Waals surface area contributed by atoms with Gasteiger partial charge in [0.15, 0.2) is 0 Å². The van der Waals surface area contributed by atoms with Crippen molar-refractivity contribution >= 4 is 11.9 Å². The zero-order chi connectivity index (χ0) is 13.7. The molecule has 0 saturated heterocycles. The van der Waals surface area contributed by atoms with Crippen LogP contribution in [0.4, 0.5) is 5.95 Å². The minimum atomic E-state index is -0.332. The first-order chi connectivity index (χ1) is 9.22. The maximum Gasteiger partial charge on any atom is 0.337 e. The third-order valence-corrected chi connectivity index (χ3v) is 2.69. The largest absolute Gasteiger partial charge is 0.465 e. The summed E-state index contributed by atoms with van der Waals surface area (Å²) >= 11 is 0. The fourth-order valence-electron chi connectivity index (χ4n) is 1.59. The monoisotopic (exact) mass is 260 g/mol. The van der Waals surface area contributed by atoms with Crippen LogP contribution < -0.4 is 5.32 Å². The molecular weight excluding hydrogens is 244 g/mol. The maximum absolute atomic E-state index is 11.3. The summed E-state index contributed by atoms with van der Waals surface area (Å²) in [5.74, 6) is 1.10. The maximum atomic E-state index is 11.3. The van der Waals surface area contributed by atoms with Crippen LogP contribution in [0.3, 0.4) is 0 Å². The Morgan fingerprint density at radius 2 is 2.11 bits per heavy atom. The molecule has 0 aliphatic rings. The topological polar surface area (TPSA) is 79.9 Å². The van der Waals surface area contributed by atoms with Crippen LogP contribution in [-0.2, 0) is 17.7 Å². The highest BCUT2D eigenvalue weighted by molar-refractivity contribution is 5.89. The van der Waals surface area contributed by atoms with E-state index in [1.54, 1.807) is 12.1 Å². The van der Waals surface area contributed by atoms with Crippen molar-refractivity contribution in [2.75, 3.05) is 12.4 Å². The van der Waals surface area contributed by atoms with Crippen molar-refractivity contribution in [1.82, 2.24) is 15.2 Å². The average Bonchev–Trinajstić information content (AvgIpc) is 2.93. The van der Waals surface area contributed by atoms with Gasteiger partial charge in [0.05, 0.1) is 12.7 Å². The summed E-state index contributed by atoms with van der Waals surface area (Å²) in [6.07, 6.45) is 0.822. The number of carbonyl (C=O) groups is 1. The fourth-order valence-corrected chi connectivity index (χ4v) is 1.59. The van der Waals surface area contributed by atoms with E-state index in [0.717, 1.165) is 17.8 Å². The number of nitrogens with one attached hydrogen (secondary N) is 2. The van der Waals surface area contributed by atoms with Crippen molar-refractivity contribution in [3.63, 3.8) is 0 Å². The van der Waals surface area contributed by atoms with Crippen molar-refractivity contribution in [2.45, 2.75) is 19.9 Å². The van der Waals surface area contributed by atoms with E-state index in [4.69, 9.17) is 0 Å². The van der Waals surface area contributed by atoms with Gasteiger partial charge in [0.2, 0.25) is 5.95 Å². The average molecular weight is 260 g/mol. The number of anilines is 1. The fraction of sp³-hybridized carbons (Fsp3) is 0.308. The Hall–Kier alpha value is -2.37. The number of aromatic amines is 1. The standard InChI is InChI=1S/C13H16N4O2/c1-3-11-15-13(17-16-11)14-8-9-4-6-10(7-5-9)12(18)19-2/h4-7H,3,8H2,1-2H3,(H2,14,15,16,17). The predicted octanol–water partition coefficient (Wildman–Crippen LogP) is 1.77. The molecule has 0 aliphatic carbocycles. The third kappa shape index (κ3) is 3.31. The number of benzene rings is 1. The van der Waals surface area contributed by atoms with Crippen molar-refractivity contribution in [2.24, 2.45) is 0 Å². The van der Waals surface area contributed by atoms with Gasteiger partial charge in [-0.1, -0.05) is 19.1 Å². The lowest BCUT2D eigenvalue weighted by Crippen LogP contribution is -2.03. The van der Waals surface area contributed by atoms with Crippen molar-refractivity contribution in [3.05, 3.63) is 41.2 Å². The second-order valence-electron chi connectivity index (χ2n) is 4.00. The number of H-pyrrole nitrogens is 1. The van der Waals surface area contributed by atoms with E-state index >= 15 is 0 Å². The molecule has 0 unspecified atom stereocenters. The smallest absolute Gasteiger partial charge is 0.337 e. The van der Waals surface area contributed by atoms with Crippen LogP contribution in [-0.4, -0.2) is 28.3 Å². The Balaban J connectivity index is 1.94. The number of hydrogen-bond donors (Lipinski definition) is 2. The molecule has 6 heteroatoms. The number of rotatable bonds is 5. The van der Waals surface area contributed by atoms with Crippen LogP contribution in [0.15, 0.2) is 24.3 Å². The summed E-state index contributed by atoms with van der Waals surface area (Å²) in [4.78, 5) is 15.5. The highest BCUT2D eigenvalue weighted by Gasteiger charge is 2.05. The summed E-state index contributed by atoms with van der Waals surface area (Å²) in [7, 11) is 1.37. The Morgan fingerprint density at radius 1 is 1.37 bits per heavy atom. The SMILES string of the molecule is CCc1nc(NCc2ccc(C(=O)OC)cc2)n[nH]1. The third-order valence-electron chi connectivity index (χ3n) is 2.69. The Morgan fingerprint density at radius 3 is 2.68 bits per heavy atom. The zero-order valence-electron chi connectivity index (χ0n) is 10.9. The molecule has 0 saturated carbocycles. The van der Waals surface area contributed by atoms with E-state index in [0.29, 0.717) is 18.1 Å². The van der Waals surface area contributed by atoms with E-state index in [9.17, 15) is 4.79 Å². The van der Waals surface area contributed by atoms with E-state index in [1.165, 1.54) is 7.11 Å². The molecule has 2 aromatic rings. The van der Waals surface area contributed by atoms with E-state index < -0.39 is 0 Å². The predicted molar refractivity (Wildman–Crippen MR) is 70.9 cm³/mol. The van der Waals surface area contributed by atoms with E-state index in [-0.39, 0.29) is 5.97 Å². The lowest BCUT2D eigenvalue weighted by molar-refractivity contribution is 0.0600. The minimum Gasteiger partial charge on any atom is -0.465 e. The van der Waals surface area contributed by atoms with Gasteiger partial charge in [-0.05, 0) is 17.7 Å². The molecule has 2 N–H and O–H groups in total. The number of carbonyl (C=O) groups excluding carboxylic acids is 1. The van der Waals surface area contributed by atoms with Gasteiger partial charge in [-0.3, -0.25) is 5.10 Å². The van der Waals surface area contributed by atoms with Crippen LogP contribution in [0.2, 0.25) is 0 Å². The lowest BCUT2D eigenvalue weighted by Gasteiger charge is -2.03. The van der Waals surface area contributed by atoms with Gasteiger partial charge >= 0.3 is 5.97 Å². The quantitative estimate of drug-likeness (QED) is 0.801. The molecule has 6 nitrogen and oxygen atoms in total. The first-order valence-electron chi connectivity index (χ1n) is 6.05. The number of aryl methyl sites for hydroxylation is 1. The van der Waals surface area contributed by atoms with Gasteiger partial charge in [-0.2, -0.15) is 4.98 Å². The minimum absolute atomic E-state index is 0.332. The molecule has 1 aromatic carbocycles. The van der Waals surface area contributed by atoms with Crippen LogP contribution in [0, 0.1) is 0 Å². The summed E-state index contributed by atoms with van der Waals surface area (Å²) < 4.78 is 4.64. The van der Waals surface area contributed by atoms with E-state index in [1.807, 2.05) is 19.1 Å². The number of aromatic nitrogens is 3. The number of methoxy groups -OCH3 is 1. The lowest BCUT2D eigenvalue weighted by atomic mass is 10.1. The van der Waals surface area contributed by atoms with Crippen molar-refractivity contribution < 1.29 is 9.53 Å². The van der Waals surface area contributed by atoms with Gasteiger partial charge in [-0.25, -0.2) is 4.79 Å². The molecule has 0 amide bonds. The molecule has 1 heterocycles. The Bertz CT molecular complexity index is 548. The molecule has 0 radical (unpaired) electrons. The van der Waals surface area contributed by atoms with Crippen LogP contribution in [0.1, 0.15) is 28.7 Å². The summed E-state index contributed by atoms with van der Waals surface area (Å²) in [6.45, 7) is 2.61. The first kappa shape index (κ1) is 13.1. The molecular formula is C13H16N4O2. The molecule has 0 atom stereocenters. The number of hydrogen-bond acceptors (Lipinski definition) is 5. The molecule has 100 valence electrons. The summed E-state index contributed by atoms with van der Waals surface area (Å²) in [6, 6.07) is 7.20. The van der Waals surface area contributed by atoms with Gasteiger partial charge in [0.25, 0.3) is 0 Å². The highest BCUT2D eigenvalue weighted by atomic mass is 16.5. The zero-order valence-corrected chi connectivity index (χ0v) is 10.9. The normalized spacial score (nSPS) is 10.2. The molecule has 2 rings (SSSR count). The Labute approximate surface area is 111 Å². The summed E-state index contributed by atoms with van der Waals surface area (Å²) in [5.41, 5.74) is 1.58. The Kier molecular flexibility index (Phi) is 4.12. The van der Waals surface area contributed by atoms with E-state index in [2.05, 4.69) is 25.2 Å². The number of ether oxygens (including phenoxy) is 1. The van der Waals surface area contributed by atoms with Crippen LogP contribution in [0.25, 0.3) is 0 Å².